The van der Waals surface area contributed by atoms with E-state index < -0.39 is 11.8 Å². The number of rotatable bonds is 8. The van der Waals surface area contributed by atoms with Crippen molar-refractivity contribution in [1.29, 1.82) is 5.26 Å². The molecule has 2 aromatic carbocycles. The van der Waals surface area contributed by atoms with Gasteiger partial charge >= 0.3 is 0 Å². The molecule has 6 nitrogen and oxygen atoms in total. The predicted octanol–water partition coefficient (Wildman–Crippen LogP) is 4.73. The van der Waals surface area contributed by atoms with Crippen LogP contribution in [0.2, 0.25) is 0 Å². The summed E-state index contributed by atoms with van der Waals surface area (Å²) in [7, 11) is 0. The van der Waals surface area contributed by atoms with Crippen LogP contribution < -0.4 is 11.1 Å². The quantitative estimate of drug-likeness (QED) is 0.391. The number of nitrogens with one attached hydrogen (secondary N) is 1. The molecule has 2 heterocycles. The van der Waals surface area contributed by atoms with Crippen molar-refractivity contribution in [3.63, 3.8) is 0 Å². The summed E-state index contributed by atoms with van der Waals surface area (Å²) in [5.74, 6) is -1.13. The summed E-state index contributed by atoms with van der Waals surface area (Å²) in [6, 6.07) is 23.0. The summed E-state index contributed by atoms with van der Waals surface area (Å²) in [6.07, 6.45) is 2.19. The number of hydrogen-bond acceptors (Lipinski definition) is 5. The Morgan fingerprint density at radius 2 is 1.94 bits per heavy atom. The van der Waals surface area contributed by atoms with Crippen LogP contribution in [0.15, 0.2) is 79.0 Å². The lowest BCUT2D eigenvalue weighted by atomic mass is 9.91. The van der Waals surface area contributed by atoms with Gasteiger partial charge in [0.25, 0.3) is 0 Å². The van der Waals surface area contributed by atoms with Gasteiger partial charge in [0.15, 0.2) is 0 Å². The fourth-order valence-corrected chi connectivity index (χ4v) is 3.96. The molecule has 4 rings (SSSR count). The number of nitriles is 1. The van der Waals surface area contributed by atoms with Crippen molar-refractivity contribution in [3.05, 3.63) is 113 Å². The largest absolute Gasteiger partial charge is 0.369 e. The highest BCUT2D eigenvalue weighted by atomic mass is 19.1. The number of amides is 1. The van der Waals surface area contributed by atoms with Gasteiger partial charge in [-0.15, -0.1) is 0 Å². The topological polar surface area (TPSA) is 105 Å². The Morgan fingerprint density at radius 3 is 2.66 bits per heavy atom. The Bertz CT molecular complexity index is 1400. The van der Waals surface area contributed by atoms with Crippen LogP contribution in [-0.4, -0.2) is 22.4 Å². The number of hydrogen-bond donors (Lipinski definition) is 2. The summed E-state index contributed by atoms with van der Waals surface area (Å²) in [5, 5.41) is 12.8. The second-order valence-electron chi connectivity index (χ2n) is 8.17. The van der Waals surface area contributed by atoms with Gasteiger partial charge in [0.2, 0.25) is 5.91 Å². The normalized spacial score (nSPS) is 11.5. The van der Waals surface area contributed by atoms with Gasteiger partial charge in [0.05, 0.1) is 23.2 Å². The number of carbonyl (C=O) groups excluding carboxylic acids is 1. The molecular formula is C28H24FN5O. The lowest BCUT2D eigenvalue weighted by Gasteiger charge is -2.19. The second-order valence-corrected chi connectivity index (χ2v) is 8.17. The van der Waals surface area contributed by atoms with Crippen molar-refractivity contribution < 1.29 is 9.18 Å². The number of aromatic nitrogens is 2. The molecule has 7 heteroatoms. The molecular weight excluding hydrogens is 441 g/mol. The van der Waals surface area contributed by atoms with Crippen molar-refractivity contribution in [3.8, 4) is 17.3 Å². The molecule has 4 aromatic rings. The van der Waals surface area contributed by atoms with Crippen LogP contribution in [0.3, 0.4) is 0 Å². The van der Waals surface area contributed by atoms with Crippen molar-refractivity contribution >= 4 is 11.7 Å². The van der Waals surface area contributed by atoms with Gasteiger partial charge in [-0.25, -0.2) is 9.37 Å². The molecule has 0 fully saturated rings. The third kappa shape index (κ3) is 5.50. The summed E-state index contributed by atoms with van der Waals surface area (Å²) in [6.45, 7) is 2.32. The van der Waals surface area contributed by atoms with Gasteiger partial charge < -0.3 is 11.1 Å². The van der Waals surface area contributed by atoms with E-state index in [0.717, 1.165) is 11.3 Å². The van der Waals surface area contributed by atoms with E-state index in [1.807, 2.05) is 37.3 Å². The van der Waals surface area contributed by atoms with E-state index in [-0.39, 0.29) is 5.82 Å². The Kier molecular flexibility index (Phi) is 7.12. The average Bonchev–Trinajstić information content (AvgIpc) is 2.86. The molecule has 1 unspecified atom stereocenters. The molecule has 0 aliphatic carbocycles. The minimum atomic E-state index is -0.771. The van der Waals surface area contributed by atoms with E-state index in [4.69, 9.17) is 10.7 Å². The molecule has 3 N–H and O–H groups in total. The average molecular weight is 466 g/mol. The van der Waals surface area contributed by atoms with Gasteiger partial charge in [-0.3, -0.25) is 9.78 Å². The third-order valence-electron chi connectivity index (χ3n) is 5.71. The smallest absolute Gasteiger partial charge is 0.229 e. The fourth-order valence-electron chi connectivity index (χ4n) is 3.96. The molecule has 0 saturated heterocycles. The lowest BCUT2D eigenvalue weighted by molar-refractivity contribution is -0.118. The van der Waals surface area contributed by atoms with Gasteiger partial charge in [-0.2, -0.15) is 5.26 Å². The Hall–Kier alpha value is -4.57. The van der Waals surface area contributed by atoms with Crippen LogP contribution in [0.25, 0.3) is 11.3 Å². The van der Waals surface area contributed by atoms with Crippen LogP contribution in [0.1, 0.15) is 33.9 Å². The number of primary amides is 1. The first-order valence-electron chi connectivity index (χ1n) is 11.2. The maximum absolute atomic E-state index is 13.6. The van der Waals surface area contributed by atoms with Gasteiger partial charge in [-0.05, 0) is 54.8 Å². The first-order chi connectivity index (χ1) is 17.0. The van der Waals surface area contributed by atoms with Crippen molar-refractivity contribution in [2.75, 3.05) is 11.9 Å². The molecule has 0 aliphatic heterocycles. The lowest BCUT2D eigenvalue weighted by Crippen LogP contribution is -2.24. The van der Waals surface area contributed by atoms with Crippen LogP contribution >= 0.6 is 0 Å². The number of pyridine rings is 2. The molecule has 1 amide bonds. The Balaban J connectivity index is 1.74. The summed E-state index contributed by atoms with van der Waals surface area (Å²) in [4.78, 5) is 21.7. The molecule has 0 radical (unpaired) electrons. The van der Waals surface area contributed by atoms with Crippen LogP contribution in [0, 0.1) is 24.1 Å². The first kappa shape index (κ1) is 23.6. The van der Waals surface area contributed by atoms with Crippen molar-refractivity contribution in [2.45, 2.75) is 19.3 Å². The number of carbonyl (C=O) groups is 1. The molecule has 0 bridgehead atoms. The number of nitrogens with two attached hydrogens (primary N) is 1. The molecule has 174 valence electrons. The molecule has 1 atom stereocenters. The highest BCUT2D eigenvalue weighted by molar-refractivity contribution is 5.87. The summed E-state index contributed by atoms with van der Waals surface area (Å²) >= 11 is 0. The van der Waals surface area contributed by atoms with Gasteiger partial charge in [0, 0.05) is 29.6 Å². The maximum Gasteiger partial charge on any atom is 0.229 e. The van der Waals surface area contributed by atoms with Crippen molar-refractivity contribution in [1.82, 2.24) is 9.97 Å². The number of anilines is 1. The zero-order chi connectivity index (χ0) is 24.8. The number of halogens is 1. The van der Waals surface area contributed by atoms with E-state index in [1.54, 1.807) is 36.5 Å². The first-order valence-corrected chi connectivity index (χ1v) is 11.2. The fraction of sp³-hybridized carbons (Fsp3) is 0.143. The maximum atomic E-state index is 13.6. The van der Waals surface area contributed by atoms with Crippen LogP contribution in [0.5, 0.6) is 0 Å². The molecule has 0 aliphatic rings. The molecule has 0 spiro atoms. The SMILES string of the molecule is Cc1ccc(C(C(N)=O)c2ccc(-c3ccccc3C#N)nc2NCCc2cccc(F)c2)cn1. The summed E-state index contributed by atoms with van der Waals surface area (Å²) < 4.78 is 13.6. The Morgan fingerprint density at radius 1 is 1.11 bits per heavy atom. The highest BCUT2D eigenvalue weighted by Crippen LogP contribution is 2.32. The van der Waals surface area contributed by atoms with E-state index >= 15 is 0 Å². The van der Waals surface area contributed by atoms with Crippen LogP contribution in [-0.2, 0) is 11.2 Å². The van der Waals surface area contributed by atoms with Crippen LogP contribution in [0.4, 0.5) is 10.2 Å². The number of nitrogens with zero attached hydrogens (tertiary/aromatic N) is 3. The summed E-state index contributed by atoms with van der Waals surface area (Å²) in [5.41, 5.74) is 10.5. The van der Waals surface area contributed by atoms with E-state index in [2.05, 4.69) is 16.4 Å². The number of benzene rings is 2. The molecule has 0 saturated carbocycles. The zero-order valence-corrected chi connectivity index (χ0v) is 19.2. The van der Waals surface area contributed by atoms with E-state index in [1.165, 1.54) is 12.1 Å². The van der Waals surface area contributed by atoms with Gasteiger partial charge in [0.1, 0.15) is 11.6 Å². The zero-order valence-electron chi connectivity index (χ0n) is 19.2. The standard InChI is InChI=1S/C28H24FN5O/c1-18-9-10-21(17-33-18)26(27(31)35)24-11-12-25(23-8-3-2-6-20(23)16-30)34-28(24)32-14-13-19-5-4-7-22(29)15-19/h2-12,15,17,26H,13-14H2,1H3,(H2,31,35)(H,32,34). The molecule has 35 heavy (non-hydrogen) atoms. The monoisotopic (exact) mass is 465 g/mol. The molecule has 2 aromatic heterocycles. The predicted molar refractivity (Wildman–Crippen MR) is 133 cm³/mol. The highest BCUT2D eigenvalue weighted by Gasteiger charge is 2.25. The van der Waals surface area contributed by atoms with E-state index in [9.17, 15) is 14.4 Å². The minimum absolute atomic E-state index is 0.294. The number of aryl methyl sites for hydroxylation is 1. The minimum Gasteiger partial charge on any atom is -0.369 e. The Labute approximate surface area is 203 Å². The third-order valence-corrected chi connectivity index (χ3v) is 5.71. The van der Waals surface area contributed by atoms with Gasteiger partial charge in [-0.1, -0.05) is 42.5 Å². The second kappa shape index (κ2) is 10.6. The van der Waals surface area contributed by atoms with Crippen molar-refractivity contribution in [2.24, 2.45) is 5.73 Å². The van der Waals surface area contributed by atoms with E-state index in [0.29, 0.717) is 46.7 Å².